The molecule has 140 valence electrons. The van der Waals surface area contributed by atoms with Crippen LogP contribution in [0.25, 0.3) is 11.0 Å². The van der Waals surface area contributed by atoms with Crippen LogP contribution in [0.2, 0.25) is 0 Å². The number of imidazole rings is 1. The van der Waals surface area contributed by atoms with Crippen molar-refractivity contribution in [3.8, 4) is 5.75 Å². The fourth-order valence-corrected chi connectivity index (χ4v) is 4.70. The molecule has 1 aliphatic heterocycles. The molecule has 0 saturated carbocycles. The number of hydrogen-bond acceptors (Lipinski definition) is 5. The molecule has 8 heteroatoms. The van der Waals surface area contributed by atoms with Crippen LogP contribution in [0.3, 0.4) is 0 Å². The lowest BCUT2D eigenvalue weighted by atomic mass is 10.2. The molecule has 0 unspecified atom stereocenters. The van der Waals surface area contributed by atoms with Gasteiger partial charge in [0.05, 0.1) is 27.8 Å². The molecule has 0 atom stereocenters. The van der Waals surface area contributed by atoms with Gasteiger partial charge in [0.2, 0.25) is 10.0 Å². The number of nitrogens with zero attached hydrogens (tertiary/aromatic N) is 3. The normalized spacial score (nSPS) is 15.3. The van der Waals surface area contributed by atoms with E-state index in [1.807, 2.05) is 17.7 Å². The fourth-order valence-electron chi connectivity index (χ4n) is 3.19. The summed E-state index contributed by atoms with van der Waals surface area (Å²) in [6.45, 7) is 1.09. The summed E-state index contributed by atoms with van der Waals surface area (Å²) < 4.78 is 33.8. The van der Waals surface area contributed by atoms with Gasteiger partial charge in [0.1, 0.15) is 5.75 Å². The topological polar surface area (TPSA) is 81.5 Å². The molecule has 0 N–H and O–H groups in total. The predicted octanol–water partition coefficient (Wildman–Crippen LogP) is 2.58. The van der Waals surface area contributed by atoms with E-state index in [0.29, 0.717) is 18.8 Å². The quantitative estimate of drug-likeness (QED) is 0.509. The van der Waals surface area contributed by atoms with Gasteiger partial charge >= 0.3 is 5.97 Å². The first-order valence-electron chi connectivity index (χ1n) is 8.69. The van der Waals surface area contributed by atoms with Gasteiger partial charge in [-0.3, -0.25) is 0 Å². The van der Waals surface area contributed by atoms with Gasteiger partial charge in [0, 0.05) is 26.2 Å². The highest BCUT2D eigenvalue weighted by Crippen LogP contribution is 2.23. The second kappa shape index (κ2) is 6.79. The van der Waals surface area contributed by atoms with E-state index in [0.717, 1.165) is 23.9 Å². The Bertz CT molecular complexity index is 1100. The molecule has 0 radical (unpaired) electrons. The number of aryl methyl sites for hydroxylation is 1. The van der Waals surface area contributed by atoms with E-state index in [1.165, 1.54) is 28.6 Å². The second-order valence-corrected chi connectivity index (χ2v) is 8.47. The first kappa shape index (κ1) is 17.7. The molecular weight excluding hydrogens is 366 g/mol. The Kier molecular flexibility index (Phi) is 4.45. The van der Waals surface area contributed by atoms with Gasteiger partial charge in [0.25, 0.3) is 0 Å². The van der Waals surface area contributed by atoms with Crippen LogP contribution in [0.1, 0.15) is 23.2 Å². The average molecular weight is 385 g/mol. The van der Waals surface area contributed by atoms with Crippen LogP contribution in [0, 0.1) is 0 Å². The van der Waals surface area contributed by atoms with Crippen LogP contribution in [-0.4, -0.2) is 41.3 Å². The van der Waals surface area contributed by atoms with Crippen LogP contribution in [0.15, 0.2) is 53.7 Å². The van der Waals surface area contributed by atoms with Crippen molar-refractivity contribution < 1.29 is 17.9 Å². The van der Waals surface area contributed by atoms with Crippen LogP contribution < -0.4 is 4.74 Å². The van der Waals surface area contributed by atoms with Gasteiger partial charge in [-0.2, -0.15) is 4.31 Å². The summed E-state index contributed by atoms with van der Waals surface area (Å²) in [5.74, 6) is -0.157. The van der Waals surface area contributed by atoms with Crippen molar-refractivity contribution in [2.24, 2.45) is 7.05 Å². The Hall–Kier alpha value is -2.71. The monoisotopic (exact) mass is 385 g/mol. The third-order valence-electron chi connectivity index (χ3n) is 4.70. The molecule has 1 saturated heterocycles. The zero-order valence-corrected chi connectivity index (χ0v) is 15.6. The molecule has 4 rings (SSSR count). The highest BCUT2D eigenvalue weighted by atomic mass is 32.2. The predicted molar refractivity (Wildman–Crippen MR) is 100 cm³/mol. The number of ether oxygens (including phenoxy) is 1. The second-order valence-electron chi connectivity index (χ2n) is 6.53. The van der Waals surface area contributed by atoms with Gasteiger partial charge in [-0.1, -0.05) is 0 Å². The number of benzene rings is 2. The molecular formula is C19H19N3O4S. The maximum absolute atomic E-state index is 12.5. The number of fused-ring (bicyclic) bond motifs is 1. The zero-order chi connectivity index (χ0) is 19.0. The standard InChI is InChI=1S/C19H19N3O4S/c1-21-13-20-17-12-15(6-9-18(17)21)26-19(23)14-4-7-16(8-5-14)27(24,25)22-10-2-3-11-22/h4-9,12-13H,2-3,10-11H2,1H3. The molecule has 1 fully saturated rings. The van der Waals surface area contributed by atoms with Gasteiger partial charge < -0.3 is 9.30 Å². The third-order valence-corrected chi connectivity index (χ3v) is 6.61. The SMILES string of the molecule is Cn1cnc2cc(OC(=O)c3ccc(S(=O)(=O)N4CCCC4)cc3)ccc21. The number of carbonyl (C=O) groups excluding carboxylic acids is 1. The number of esters is 1. The molecule has 2 aromatic carbocycles. The summed E-state index contributed by atoms with van der Waals surface area (Å²) >= 11 is 0. The molecule has 0 amide bonds. The first-order chi connectivity index (χ1) is 12.9. The van der Waals surface area contributed by atoms with Crippen molar-refractivity contribution in [2.45, 2.75) is 17.7 Å². The smallest absolute Gasteiger partial charge is 0.343 e. The third kappa shape index (κ3) is 3.33. The number of carbonyl (C=O) groups is 1. The van der Waals surface area contributed by atoms with E-state index in [2.05, 4.69) is 4.98 Å². The Morgan fingerprint density at radius 2 is 1.78 bits per heavy atom. The van der Waals surface area contributed by atoms with E-state index in [-0.39, 0.29) is 10.5 Å². The summed E-state index contributed by atoms with van der Waals surface area (Å²) in [4.78, 5) is 16.8. The molecule has 0 spiro atoms. The number of hydrogen-bond donors (Lipinski definition) is 0. The molecule has 1 aromatic heterocycles. The molecule has 2 heterocycles. The van der Waals surface area contributed by atoms with E-state index in [9.17, 15) is 13.2 Å². The van der Waals surface area contributed by atoms with Crippen LogP contribution in [0.5, 0.6) is 5.75 Å². The highest BCUT2D eigenvalue weighted by molar-refractivity contribution is 7.89. The number of aromatic nitrogens is 2. The number of rotatable bonds is 4. The summed E-state index contributed by atoms with van der Waals surface area (Å²) in [5, 5.41) is 0. The molecule has 0 bridgehead atoms. The highest BCUT2D eigenvalue weighted by Gasteiger charge is 2.27. The van der Waals surface area contributed by atoms with Crippen molar-refractivity contribution in [1.29, 1.82) is 0 Å². The molecule has 1 aliphatic rings. The largest absolute Gasteiger partial charge is 0.423 e. The lowest BCUT2D eigenvalue weighted by Gasteiger charge is -2.15. The minimum absolute atomic E-state index is 0.191. The maximum Gasteiger partial charge on any atom is 0.343 e. The lowest BCUT2D eigenvalue weighted by Crippen LogP contribution is -2.27. The minimum atomic E-state index is -3.49. The van der Waals surface area contributed by atoms with Crippen molar-refractivity contribution >= 4 is 27.0 Å². The fraction of sp³-hybridized carbons (Fsp3) is 0.263. The summed E-state index contributed by atoms with van der Waals surface area (Å²) in [5.41, 5.74) is 1.96. The Labute approximate surface area is 157 Å². The molecule has 0 aliphatic carbocycles. The van der Waals surface area contributed by atoms with Gasteiger partial charge in [-0.15, -0.1) is 0 Å². The van der Waals surface area contributed by atoms with Crippen LogP contribution in [0.4, 0.5) is 0 Å². The molecule has 7 nitrogen and oxygen atoms in total. The minimum Gasteiger partial charge on any atom is -0.423 e. The van der Waals surface area contributed by atoms with Crippen molar-refractivity contribution in [3.63, 3.8) is 0 Å². The molecule has 3 aromatic rings. The Morgan fingerprint density at radius 1 is 1.07 bits per heavy atom. The van der Waals surface area contributed by atoms with E-state index < -0.39 is 16.0 Å². The summed E-state index contributed by atoms with van der Waals surface area (Å²) in [6, 6.07) is 11.1. The van der Waals surface area contributed by atoms with E-state index >= 15 is 0 Å². The van der Waals surface area contributed by atoms with E-state index in [1.54, 1.807) is 18.5 Å². The van der Waals surface area contributed by atoms with Crippen LogP contribution in [-0.2, 0) is 17.1 Å². The van der Waals surface area contributed by atoms with Gasteiger partial charge in [0.15, 0.2) is 0 Å². The first-order valence-corrected chi connectivity index (χ1v) is 10.1. The molecule has 27 heavy (non-hydrogen) atoms. The van der Waals surface area contributed by atoms with Crippen LogP contribution >= 0.6 is 0 Å². The van der Waals surface area contributed by atoms with Crippen molar-refractivity contribution in [1.82, 2.24) is 13.9 Å². The zero-order valence-electron chi connectivity index (χ0n) is 14.8. The van der Waals surface area contributed by atoms with Gasteiger partial charge in [-0.05, 0) is 49.2 Å². The summed E-state index contributed by atoms with van der Waals surface area (Å²) in [6.07, 6.45) is 3.45. The lowest BCUT2D eigenvalue weighted by molar-refractivity contribution is 0.0735. The summed E-state index contributed by atoms with van der Waals surface area (Å²) in [7, 11) is -1.60. The Morgan fingerprint density at radius 3 is 2.48 bits per heavy atom. The maximum atomic E-state index is 12.5. The van der Waals surface area contributed by atoms with E-state index in [4.69, 9.17) is 4.74 Å². The van der Waals surface area contributed by atoms with Crippen molar-refractivity contribution in [3.05, 3.63) is 54.4 Å². The number of sulfonamides is 1. The Balaban J connectivity index is 1.51. The average Bonchev–Trinajstić information content (AvgIpc) is 3.33. The van der Waals surface area contributed by atoms with Crippen molar-refractivity contribution in [2.75, 3.05) is 13.1 Å². The van der Waals surface area contributed by atoms with Gasteiger partial charge in [-0.25, -0.2) is 18.2 Å².